The first-order chi connectivity index (χ1) is 8.00. The van der Waals surface area contributed by atoms with Gasteiger partial charge in [-0.1, -0.05) is 20.8 Å². The Hall–Kier alpha value is -1.26. The maximum absolute atomic E-state index is 13.2. The van der Waals surface area contributed by atoms with Crippen molar-refractivity contribution in [2.75, 3.05) is 5.32 Å². The van der Waals surface area contributed by atoms with Gasteiger partial charge in [0.1, 0.15) is 5.82 Å². The van der Waals surface area contributed by atoms with Crippen molar-refractivity contribution in [3.63, 3.8) is 0 Å². The lowest BCUT2D eigenvalue weighted by Crippen LogP contribution is -2.30. The Balaban J connectivity index is 3.01. The van der Waals surface area contributed by atoms with Crippen LogP contribution in [0.15, 0.2) is 18.2 Å². The van der Waals surface area contributed by atoms with Crippen LogP contribution in [-0.2, 0) is 6.18 Å². The van der Waals surface area contributed by atoms with Crippen molar-refractivity contribution in [1.29, 1.82) is 0 Å². The van der Waals surface area contributed by atoms with Crippen LogP contribution in [0.3, 0.4) is 0 Å². The number of halogens is 4. The lowest BCUT2D eigenvalue weighted by Gasteiger charge is -2.29. The zero-order chi connectivity index (χ0) is 14.1. The third kappa shape index (κ3) is 3.89. The fourth-order valence-electron chi connectivity index (χ4n) is 1.30. The Bertz CT molecular complexity index is 418. The van der Waals surface area contributed by atoms with Gasteiger partial charge in [-0.15, -0.1) is 0 Å². The van der Waals surface area contributed by atoms with Gasteiger partial charge in [0.2, 0.25) is 0 Å². The maximum atomic E-state index is 13.2. The molecule has 5 heteroatoms. The van der Waals surface area contributed by atoms with E-state index in [2.05, 4.69) is 5.32 Å². The lowest BCUT2D eigenvalue weighted by molar-refractivity contribution is -0.137. The van der Waals surface area contributed by atoms with E-state index in [0.717, 1.165) is 12.1 Å². The molecule has 0 heterocycles. The molecule has 0 aliphatic rings. The highest BCUT2D eigenvalue weighted by Gasteiger charge is 2.31. The van der Waals surface area contributed by atoms with Gasteiger partial charge in [0, 0.05) is 11.7 Å². The van der Waals surface area contributed by atoms with Gasteiger partial charge in [-0.2, -0.15) is 13.2 Å². The summed E-state index contributed by atoms with van der Waals surface area (Å²) in [5.74, 6) is -0.895. The first-order valence-corrected chi connectivity index (χ1v) is 5.64. The largest absolute Gasteiger partial charge is 0.416 e. The van der Waals surface area contributed by atoms with E-state index in [1.165, 1.54) is 0 Å². The molecule has 0 fully saturated rings. The predicted octanol–water partition coefficient (Wildman–Crippen LogP) is 4.69. The molecule has 0 saturated carbocycles. The average Bonchev–Trinajstić information content (AvgIpc) is 2.13. The van der Waals surface area contributed by atoms with E-state index in [4.69, 9.17) is 0 Å². The third-order valence-corrected chi connectivity index (χ3v) is 2.91. The molecule has 0 radical (unpaired) electrons. The molecule has 0 amide bonds. The molecule has 0 aliphatic heterocycles. The normalized spacial score (nSPS) is 14.4. The molecule has 1 atom stereocenters. The van der Waals surface area contributed by atoms with E-state index < -0.39 is 17.6 Å². The Morgan fingerprint density at radius 1 is 1.06 bits per heavy atom. The summed E-state index contributed by atoms with van der Waals surface area (Å²) in [6.45, 7) is 7.70. The number of alkyl halides is 3. The molecule has 1 aromatic rings. The number of rotatable bonds is 2. The van der Waals surface area contributed by atoms with Crippen LogP contribution in [0, 0.1) is 11.2 Å². The van der Waals surface area contributed by atoms with Crippen LogP contribution in [0.2, 0.25) is 0 Å². The topological polar surface area (TPSA) is 12.0 Å². The first kappa shape index (κ1) is 14.8. The number of anilines is 1. The summed E-state index contributed by atoms with van der Waals surface area (Å²) < 4.78 is 50.7. The van der Waals surface area contributed by atoms with Crippen LogP contribution < -0.4 is 5.32 Å². The summed E-state index contributed by atoms with van der Waals surface area (Å²) in [6.07, 6.45) is -4.54. The van der Waals surface area contributed by atoms with Gasteiger partial charge in [0.25, 0.3) is 0 Å². The Morgan fingerprint density at radius 3 is 2.06 bits per heavy atom. The molecule has 0 spiro atoms. The average molecular weight is 263 g/mol. The summed E-state index contributed by atoms with van der Waals surface area (Å²) in [4.78, 5) is 0. The molecule has 0 bridgehead atoms. The summed E-state index contributed by atoms with van der Waals surface area (Å²) >= 11 is 0. The van der Waals surface area contributed by atoms with E-state index in [9.17, 15) is 17.6 Å². The molecule has 1 aromatic carbocycles. The van der Waals surface area contributed by atoms with Crippen molar-refractivity contribution in [3.05, 3.63) is 29.6 Å². The molecule has 1 rings (SSSR count). The zero-order valence-corrected chi connectivity index (χ0v) is 10.8. The predicted molar refractivity (Wildman–Crippen MR) is 63.9 cm³/mol. The highest BCUT2D eigenvalue weighted by Crippen LogP contribution is 2.32. The Labute approximate surface area is 104 Å². The van der Waals surface area contributed by atoms with Crippen LogP contribution in [-0.4, -0.2) is 6.04 Å². The lowest BCUT2D eigenvalue weighted by atomic mass is 9.88. The standard InChI is InChI=1S/C13H17F4N/c1-8(12(2,3)4)18-11-6-9(13(15,16)17)5-10(14)7-11/h5-8,18H,1-4H3. The van der Waals surface area contributed by atoms with Crippen molar-refractivity contribution in [3.8, 4) is 0 Å². The molecule has 102 valence electrons. The van der Waals surface area contributed by atoms with Crippen molar-refractivity contribution in [1.82, 2.24) is 0 Å². The number of hydrogen-bond donors (Lipinski definition) is 1. The van der Waals surface area contributed by atoms with Crippen LogP contribution in [0.5, 0.6) is 0 Å². The van der Waals surface area contributed by atoms with Crippen molar-refractivity contribution < 1.29 is 17.6 Å². The monoisotopic (exact) mass is 263 g/mol. The van der Waals surface area contributed by atoms with Gasteiger partial charge in [0.05, 0.1) is 5.56 Å². The van der Waals surface area contributed by atoms with Gasteiger partial charge < -0.3 is 5.32 Å². The van der Waals surface area contributed by atoms with Gasteiger partial charge in [-0.05, 0) is 30.5 Å². The number of nitrogens with one attached hydrogen (secondary N) is 1. The summed E-state index contributed by atoms with van der Waals surface area (Å²) in [6, 6.07) is 2.40. The molecule has 1 N–H and O–H groups in total. The fraction of sp³-hybridized carbons (Fsp3) is 0.538. The molecule has 1 unspecified atom stereocenters. The minimum atomic E-state index is -4.54. The number of hydrogen-bond acceptors (Lipinski definition) is 1. The van der Waals surface area contributed by atoms with Gasteiger partial charge >= 0.3 is 6.18 Å². The van der Waals surface area contributed by atoms with E-state index in [1.807, 2.05) is 27.7 Å². The summed E-state index contributed by atoms with van der Waals surface area (Å²) in [7, 11) is 0. The van der Waals surface area contributed by atoms with Gasteiger partial charge in [0.15, 0.2) is 0 Å². The van der Waals surface area contributed by atoms with Crippen molar-refractivity contribution in [2.45, 2.75) is 39.9 Å². The van der Waals surface area contributed by atoms with E-state index in [0.29, 0.717) is 6.07 Å². The third-order valence-electron chi connectivity index (χ3n) is 2.91. The van der Waals surface area contributed by atoms with Gasteiger partial charge in [-0.3, -0.25) is 0 Å². The summed E-state index contributed by atoms with van der Waals surface area (Å²) in [5, 5.41) is 2.90. The van der Waals surface area contributed by atoms with Crippen LogP contribution in [0.4, 0.5) is 23.2 Å². The second-order valence-corrected chi connectivity index (χ2v) is 5.46. The second-order valence-electron chi connectivity index (χ2n) is 5.46. The molecular weight excluding hydrogens is 246 g/mol. The van der Waals surface area contributed by atoms with E-state index in [-0.39, 0.29) is 17.1 Å². The Morgan fingerprint density at radius 2 is 1.61 bits per heavy atom. The molecule has 1 nitrogen and oxygen atoms in total. The minimum absolute atomic E-state index is 0.0830. The number of benzene rings is 1. The second kappa shape index (κ2) is 4.78. The van der Waals surface area contributed by atoms with Crippen molar-refractivity contribution in [2.24, 2.45) is 5.41 Å². The SMILES string of the molecule is CC(Nc1cc(F)cc(C(F)(F)F)c1)C(C)(C)C. The smallest absolute Gasteiger partial charge is 0.382 e. The summed E-state index contributed by atoms with van der Waals surface area (Å²) in [5.41, 5.74) is -0.971. The quantitative estimate of drug-likeness (QED) is 0.763. The first-order valence-electron chi connectivity index (χ1n) is 5.64. The fourth-order valence-corrected chi connectivity index (χ4v) is 1.30. The molecule has 0 aromatic heterocycles. The van der Waals surface area contributed by atoms with Gasteiger partial charge in [-0.25, -0.2) is 4.39 Å². The van der Waals surface area contributed by atoms with E-state index >= 15 is 0 Å². The highest BCUT2D eigenvalue weighted by molar-refractivity contribution is 5.48. The molecule has 18 heavy (non-hydrogen) atoms. The zero-order valence-electron chi connectivity index (χ0n) is 10.8. The van der Waals surface area contributed by atoms with Crippen LogP contribution in [0.1, 0.15) is 33.3 Å². The van der Waals surface area contributed by atoms with Crippen LogP contribution in [0.25, 0.3) is 0 Å². The molecule has 0 aliphatic carbocycles. The maximum Gasteiger partial charge on any atom is 0.416 e. The molecular formula is C13H17F4N. The van der Waals surface area contributed by atoms with Crippen LogP contribution >= 0.6 is 0 Å². The molecule has 0 saturated heterocycles. The Kier molecular flexibility index (Phi) is 3.93. The van der Waals surface area contributed by atoms with Crippen molar-refractivity contribution >= 4 is 5.69 Å². The minimum Gasteiger partial charge on any atom is -0.382 e. The van der Waals surface area contributed by atoms with E-state index in [1.54, 1.807) is 0 Å². The highest BCUT2D eigenvalue weighted by atomic mass is 19.4.